The standard InChI is InChI=1S/C29H31N3O5/c1-29(2,3)37-28(35)32(23-12-6-4-7-13-23)24-14-10-11-22(19-24)30-26(33)21-17-18-31(20-21)27(34)36-25-15-8-5-9-16-25/h4-16,19,21H,17-18,20H2,1-3H3,(H,30,33). The number of amides is 3. The molecule has 8 heteroatoms. The van der Waals surface area contributed by atoms with Crippen molar-refractivity contribution in [3.63, 3.8) is 0 Å². The van der Waals surface area contributed by atoms with Crippen LogP contribution >= 0.6 is 0 Å². The lowest BCUT2D eigenvalue weighted by molar-refractivity contribution is -0.119. The molecule has 1 fully saturated rings. The minimum absolute atomic E-state index is 0.198. The van der Waals surface area contributed by atoms with Crippen LogP contribution in [0.5, 0.6) is 5.75 Å². The van der Waals surface area contributed by atoms with Crippen molar-refractivity contribution >= 4 is 35.2 Å². The maximum atomic E-state index is 13.1. The molecule has 0 aromatic heterocycles. The fourth-order valence-electron chi connectivity index (χ4n) is 4.01. The van der Waals surface area contributed by atoms with Crippen molar-refractivity contribution in [1.29, 1.82) is 0 Å². The van der Waals surface area contributed by atoms with Crippen molar-refractivity contribution in [3.8, 4) is 5.75 Å². The zero-order valence-corrected chi connectivity index (χ0v) is 21.2. The largest absolute Gasteiger partial charge is 0.443 e. The van der Waals surface area contributed by atoms with Gasteiger partial charge in [-0.05, 0) is 69.7 Å². The topological polar surface area (TPSA) is 88.2 Å². The summed E-state index contributed by atoms with van der Waals surface area (Å²) in [7, 11) is 0. The van der Waals surface area contributed by atoms with Crippen LogP contribution in [0.3, 0.4) is 0 Å². The van der Waals surface area contributed by atoms with Crippen molar-refractivity contribution in [2.24, 2.45) is 5.92 Å². The molecule has 3 amide bonds. The van der Waals surface area contributed by atoms with E-state index in [9.17, 15) is 14.4 Å². The maximum absolute atomic E-state index is 13.1. The van der Waals surface area contributed by atoms with Gasteiger partial charge < -0.3 is 19.7 Å². The van der Waals surface area contributed by atoms with E-state index in [0.29, 0.717) is 35.8 Å². The SMILES string of the molecule is CC(C)(C)OC(=O)N(c1ccccc1)c1cccc(NC(=O)C2CCN(C(=O)Oc3ccccc3)C2)c1. The molecule has 8 nitrogen and oxygen atoms in total. The van der Waals surface area contributed by atoms with E-state index in [1.165, 1.54) is 9.80 Å². The summed E-state index contributed by atoms with van der Waals surface area (Å²) in [6, 6.07) is 25.1. The highest BCUT2D eigenvalue weighted by atomic mass is 16.6. The first-order valence-electron chi connectivity index (χ1n) is 12.2. The molecule has 0 saturated carbocycles. The third kappa shape index (κ3) is 6.88. The molecule has 1 aliphatic heterocycles. The number of carbonyl (C=O) groups is 3. The predicted octanol–water partition coefficient (Wildman–Crippen LogP) is 6.22. The summed E-state index contributed by atoms with van der Waals surface area (Å²) in [5, 5.41) is 2.93. The molecule has 4 rings (SSSR count). The fourth-order valence-corrected chi connectivity index (χ4v) is 4.01. The Hall–Kier alpha value is -4.33. The quantitative estimate of drug-likeness (QED) is 0.448. The van der Waals surface area contributed by atoms with Gasteiger partial charge in [-0.25, -0.2) is 14.5 Å². The van der Waals surface area contributed by atoms with Crippen molar-refractivity contribution in [2.45, 2.75) is 32.8 Å². The molecule has 1 N–H and O–H groups in total. The number of likely N-dealkylation sites (tertiary alicyclic amines) is 1. The van der Waals surface area contributed by atoms with E-state index >= 15 is 0 Å². The van der Waals surface area contributed by atoms with Crippen molar-refractivity contribution < 1.29 is 23.9 Å². The highest BCUT2D eigenvalue weighted by Crippen LogP contribution is 2.30. The lowest BCUT2D eigenvalue weighted by atomic mass is 10.1. The number of ether oxygens (including phenoxy) is 2. The van der Waals surface area contributed by atoms with E-state index in [0.717, 1.165) is 0 Å². The van der Waals surface area contributed by atoms with Gasteiger partial charge in [-0.15, -0.1) is 0 Å². The van der Waals surface area contributed by atoms with E-state index in [1.807, 2.05) is 57.2 Å². The Labute approximate surface area is 216 Å². The molecule has 3 aromatic rings. The van der Waals surface area contributed by atoms with Crippen molar-refractivity contribution in [3.05, 3.63) is 84.9 Å². The second-order valence-electron chi connectivity index (χ2n) is 9.80. The van der Waals surface area contributed by atoms with Crippen LogP contribution in [0, 0.1) is 5.92 Å². The van der Waals surface area contributed by atoms with Gasteiger partial charge >= 0.3 is 12.2 Å². The van der Waals surface area contributed by atoms with E-state index in [2.05, 4.69) is 5.32 Å². The summed E-state index contributed by atoms with van der Waals surface area (Å²) in [5.41, 5.74) is 1.06. The number of rotatable bonds is 5. The molecule has 1 aliphatic rings. The van der Waals surface area contributed by atoms with Crippen LogP contribution in [0.25, 0.3) is 0 Å². The predicted molar refractivity (Wildman–Crippen MR) is 142 cm³/mol. The number of para-hydroxylation sites is 2. The van der Waals surface area contributed by atoms with E-state index < -0.39 is 17.8 Å². The number of nitrogens with zero attached hydrogens (tertiary/aromatic N) is 2. The van der Waals surface area contributed by atoms with Crippen LogP contribution < -0.4 is 15.0 Å². The van der Waals surface area contributed by atoms with Crippen LogP contribution in [0.4, 0.5) is 26.7 Å². The Bertz CT molecular complexity index is 1240. The Kier molecular flexibility index (Phi) is 7.77. The van der Waals surface area contributed by atoms with Crippen LogP contribution in [-0.4, -0.2) is 41.7 Å². The second-order valence-corrected chi connectivity index (χ2v) is 9.80. The molecule has 192 valence electrons. The van der Waals surface area contributed by atoms with Gasteiger partial charge in [0, 0.05) is 18.8 Å². The zero-order chi connectivity index (χ0) is 26.4. The van der Waals surface area contributed by atoms with Crippen LogP contribution in [0.1, 0.15) is 27.2 Å². The first-order chi connectivity index (χ1) is 17.7. The van der Waals surface area contributed by atoms with Crippen LogP contribution in [-0.2, 0) is 9.53 Å². The third-order valence-electron chi connectivity index (χ3n) is 5.73. The molecule has 0 radical (unpaired) electrons. The molecule has 1 unspecified atom stereocenters. The number of anilines is 3. The van der Waals surface area contributed by atoms with Gasteiger partial charge in [-0.2, -0.15) is 0 Å². The Balaban J connectivity index is 1.44. The summed E-state index contributed by atoms with van der Waals surface area (Å²) in [6.45, 7) is 6.14. The maximum Gasteiger partial charge on any atom is 0.419 e. The molecular formula is C29H31N3O5. The van der Waals surface area contributed by atoms with Crippen molar-refractivity contribution in [2.75, 3.05) is 23.3 Å². The second kappa shape index (κ2) is 11.2. The van der Waals surface area contributed by atoms with Gasteiger partial charge in [0.1, 0.15) is 11.4 Å². The van der Waals surface area contributed by atoms with Crippen LogP contribution in [0.2, 0.25) is 0 Å². The van der Waals surface area contributed by atoms with Gasteiger partial charge in [0.25, 0.3) is 0 Å². The summed E-state index contributed by atoms with van der Waals surface area (Å²) in [6.07, 6.45) is -0.464. The summed E-state index contributed by atoms with van der Waals surface area (Å²) < 4.78 is 11.0. The van der Waals surface area contributed by atoms with Gasteiger partial charge in [0.2, 0.25) is 5.91 Å². The average molecular weight is 502 g/mol. The van der Waals surface area contributed by atoms with E-state index in [1.54, 1.807) is 48.5 Å². The van der Waals surface area contributed by atoms with Crippen molar-refractivity contribution in [1.82, 2.24) is 4.90 Å². The lowest BCUT2D eigenvalue weighted by Gasteiger charge is -2.28. The molecule has 1 atom stereocenters. The smallest absolute Gasteiger partial charge is 0.419 e. The minimum Gasteiger partial charge on any atom is -0.443 e. The van der Waals surface area contributed by atoms with Crippen LogP contribution in [0.15, 0.2) is 84.9 Å². The van der Waals surface area contributed by atoms with Gasteiger partial charge in [0.05, 0.1) is 17.3 Å². The molecule has 0 bridgehead atoms. The number of carbonyl (C=O) groups excluding carboxylic acids is 3. The lowest BCUT2D eigenvalue weighted by Crippen LogP contribution is -2.34. The Morgan fingerprint density at radius 3 is 2.22 bits per heavy atom. The first-order valence-corrected chi connectivity index (χ1v) is 12.2. The molecule has 1 heterocycles. The van der Waals surface area contributed by atoms with Gasteiger partial charge in [0.15, 0.2) is 0 Å². The molecule has 3 aromatic carbocycles. The molecule has 1 saturated heterocycles. The first kappa shape index (κ1) is 25.8. The number of hydrogen-bond donors (Lipinski definition) is 1. The molecule has 0 aliphatic carbocycles. The number of benzene rings is 3. The highest BCUT2D eigenvalue weighted by Gasteiger charge is 2.32. The molecular weight excluding hydrogens is 470 g/mol. The highest BCUT2D eigenvalue weighted by molar-refractivity contribution is 5.98. The number of hydrogen-bond acceptors (Lipinski definition) is 5. The molecule has 0 spiro atoms. The monoisotopic (exact) mass is 501 g/mol. The van der Waals surface area contributed by atoms with E-state index in [-0.39, 0.29) is 18.4 Å². The summed E-state index contributed by atoms with van der Waals surface area (Å²) in [4.78, 5) is 41.6. The van der Waals surface area contributed by atoms with Gasteiger partial charge in [-0.1, -0.05) is 42.5 Å². The Morgan fingerprint density at radius 1 is 0.892 bits per heavy atom. The summed E-state index contributed by atoms with van der Waals surface area (Å²) in [5.74, 6) is -0.107. The third-order valence-corrected chi connectivity index (χ3v) is 5.73. The number of nitrogens with one attached hydrogen (secondary N) is 1. The molecule has 37 heavy (non-hydrogen) atoms. The summed E-state index contributed by atoms with van der Waals surface area (Å²) >= 11 is 0. The Morgan fingerprint density at radius 2 is 1.54 bits per heavy atom. The normalized spacial score (nSPS) is 15.1. The van der Waals surface area contributed by atoms with Gasteiger partial charge in [-0.3, -0.25) is 4.79 Å². The zero-order valence-electron chi connectivity index (χ0n) is 21.2. The fraction of sp³-hybridized carbons (Fsp3) is 0.276. The van der Waals surface area contributed by atoms with E-state index in [4.69, 9.17) is 9.47 Å². The average Bonchev–Trinajstić information content (AvgIpc) is 3.36. The minimum atomic E-state index is -0.675.